The molecule has 0 saturated heterocycles. The molecule has 0 heterocycles. The van der Waals surface area contributed by atoms with Crippen molar-refractivity contribution in [2.45, 2.75) is 58.5 Å². The van der Waals surface area contributed by atoms with Crippen LogP contribution < -0.4 is 0 Å². The Morgan fingerprint density at radius 2 is 1.73 bits per heavy atom. The van der Waals surface area contributed by atoms with Gasteiger partial charge >= 0.3 is 0 Å². The highest BCUT2D eigenvalue weighted by Crippen LogP contribution is 2.18. The van der Waals surface area contributed by atoms with Crippen molar-refractivity contribution in [1.82, 2.24) is 4.90 Å². The molecule has 1 aromatic rings. The fourth-order valence-electron chi connectivity index (χ4n) is 2.70. The van der Waals surface area contributed by atoms with E-state index in [0.29, 0.717) is 13.0 Å². The number of hydrogen-bond acceptors (Lipinski definition) is 3. The van der Waals surface area contributed by atoms with Crippen LogP contribution in [0.25, 0.3) is 0 Å². The molecule has 0 aliphatic heterocycles. The van der Waals surface area contributed by atoms with Crippen LogP contribution in [0.2, 0.25) is 0 Å². The molecule has 1 unspecified atom stereocenters. The molecular weight excluding hydrogens is 274 g/mol. The van der Waals surface area contributed by atoms with Crippen molar-refractivity contribution < 1.29 is 10.2 Å². The molecule has 0 spiro atoms. The molecule has 3 heteroatoms. The number of aliphatic hydroxyl groups excluding tert-OH is 2. The molecule has 1 rings (SSSR count). The Morgan fingerprint density at radius 3 is 2.32 bits per heavy atom. The van der Waals surface area contributed by atoms with Gasteiger partial charge in [0.1, 0.15) is 0 Å². The first-order valence-electron chi connectivity index (χ1n) is 8.81. The van der Waals surface area contributed by atoms with E-state index in [4.69, 9.17) is 5.11 Å². The van der Waals surface area contributed by atoms with Gasteiger partial charge in [-0.15, -0.1) is 0 Å². The van der Waals surface area contributed by atoms with Gasteiger partial charge in [0.25, 0.3) is 0 Å². The van der Waals surface area contributed by atoms with Crippen LogP contribution in [0.3, 0.4) is 0 Å². The van der Waals surface area contributed by atoms with E-state index in [9.17, 15) is 5.11 Å². The van der Waals surface area contributed by atoms with E-state index < -0.39 is 6.10 Å². The summed E-state index contributed by atoms with van der Waals surface area (Å²) >= 11 is 0. The second-order valence-electron chi connectivity index (χ2n) is 6.01. The van der Waals surface area contributed by atoms with Gasteiger partial charge in [-0.1, -0.05) is 57.4 Å². The van der Waals surface area contributed by atoms with Crippen molar-refractivity contribution in [1.29, 1.82) is 0 Å². The molecule has 0 aliphatic carbocycles. The first-order valence-corrected chi connectivity index (χ1v) is 8.81. The van der Waals surface area contributed by atoms with E-state index in [1.807, 2.05) is 0 Å². The maximum Gasteiger partial charge on any atom is 0.0802 e. The number of rotatable bonds is 12. The average Bonchev–Trinajstić information content (AvgIpc) is 2.55. The van der Waals surface area contributed by atoms with Gasteiger partial charge in [0.15, 0.2) is 0 Å². The fraction of sp³-hybridized carbons (Fsp3) is 0.684. The van der Waals surface area contributed by atoms with Crippen LogP contribution in [0.4, 0.5) is 0 Å². The molecule has 22 heavy (non-hydrogen) atoms. The molecule has 2 N–H and O–H groups in total. The lowest BCUT2D eigenvalue weighted by Crippen LogP contribution is -2.28. The SMILES string of the molecule is CCCCCCc1ccc(C(O)CCN(CC)CCO)cc1. The third-order valence-electron chi connectivity index (χ3n) is 4.27. The van der Waals surface area contributed by atoms with Gasteiger partial charge in [0, 0.05) is 13.1 Å². The van der Waals surface area contributed by atoms with Crippen molar-refractivity contribution in [3.05, 3.63) is 35.4 Å². The Kier molecular flexibility index (Phi) is 10.1. The van der Waals surface area contributed by atoms with Crippen LogP contribution in [-0.4, -0.2) is 41.4 Å². The van der Waals surface area contributed by atoms with Crippen LogP contribution in [0.5, 0.6) is 0 Å². The highest BCUT2D eigenvalue weighted by Gasteiger charge is 2.10. The van der Waals surface area contributed by atoms with E-state index in [-0.39, 0.29) is 6.61 Å². The Labute approximate surface area is 136 Å². The minimum atomic E-state index is -0.415. The Morgan fingerprint density at radius 1 is 1.00 bits per heavy atom. The summed E-state index contributed by atoms with van der Waals surface area (Å²) in [6.07, 6.45) is 6.58. The van der Waals surface area contributed by atoms with Gasteiger partial charge in [0.2, 0.25) is 0 Å². The highest BCUT2D eigenvalue weighted by atomic mass is 16.3. The van der Waals surface area contributed by atoms with Crippen LogP contribution >= 0.6 is 0 Å². The van der Waals surface area contributed by atoms with Crippen molar-refractivity contribution in [3.63, 3.8) is 0 Å². The lowest BCUT2D eigenvalue weighted by Gasteiger charge is -2.21. The van der Waals surface area contributed by atoms with Gasteiger partial charge < -0.3 is 15.1 Å². The summed E-state index contributed by atoms with van der Waals surface area (Å²) in [7, 11) is 0. The second-order valence-corrected chi connectivity index (χ2v) is 6.01. The summed E-state index contributed by atoms with van der Waals surface area (Å²) in [5, 5.41) is 19.3. The van der Waals surface area contributed by atoms with E-state index in [2.05, 4.69) is 43.0 Å². The first kappa shape index (κ1) is 19.1. The van der Waals surface area contributed by atoms with Crippen molar-refractivity contribution in [2.24, 2.45) is 0 Å². The highest BCUT2D eigenvalue weighted by molar-refractivity contribution is 5.24. The minimum Gasteiger partial charge on any atom is -0.395 e. The number of benzene rings is 1. The van der Waals surface area contributed by atoms with Crippen molar-refractivity contribution >= 4 is 0 Å². The molecule has 0 aromatic heterocycles. The number of aliphatic hydroxyl groups is 2. The Bertz CT molecular complexity index is 378. The number of aryl methyl sites for hydroxylation is 1. The molecular formula is C19H33NO2. The fourth-order valence-corrected chi connectivity index (χ4v) is 2.70. The van der Waals surface area contributed by atoms with Crippen LogP contribution in [0.1, 0.15) is 63.2 Å². The molecule has 1 aromatic carbocycles. The van der Waals surface area contributed by atoms with Gasteiger partial charge in [-0.25, -0.2) is 0 Å². The molecule has 3 nitrogen and oxygen atoms in total. The Hall–Kier alpha value is -0.900. The molecule has 0 aliphatic rings. The third kappa shape index (κ3) is 7.39. The maximum atomic E-state index is 10.3. The van der Waals surface area contributed by atoms with E-state index in [0.717, 1.165) is 25.1 Å². The first-order chi connectivity index (χ1) is 10.7. The third-order valence-corrected chi connectivity index (χ3v) is 4.27. The van der Waals surface area contributed by atoms with E-state index >= 15 is 0 Å². The summed E-state index contributed by atoms with van der Waals surface area (Å²) in [5.41, 5.74) is 2.36. The predicted molar refractivity (Wildman–Crippen MR) is 93.1 cm³/mol. The summed E-state index contributed by atoms with van der Waals surface area (Å²) in [4.78, 5) is 2.16. The van der Waals surface area contributed by atoms with Crippen LogP contribution in [-0.2, 0) is 6.42 Å². The van der Waals surface area contributed by atoms with Crippen LogP contribution in [0, 0.1) is 0 Å². The quantitative estimate of drug-likeness (QED) is 0.580. The molecule has 0 saturated carbocycles. The molecule has 0 bridgehead atoms. The molecule has 0 fully saturated rings. The number of nitrogens with zero attached hydrogens (tertiary/aromatic N) is 1. The monoisotopic (exact) mass is 307 g/mol. The van der Waals surface area contributed by atoms with Crippen molar-refractivity contribution in [3.8, 4) is 0 Å². The number of likely N-dealkylation sites (N-methyl/N-ethyl adjacent to an activating group) is 1. The molecule has 126 valence electrons. The molecule has 1 atom stereocenters. The smallest absolute Gasteiger partial charge is 0.0802 e. The zero-order valence-electron chi connectivity index (χ0n) is 14.3. The lowest BCUT2D eigenvalue weighted by atomic mass is 10.0. The Balaban J connectivity index is 2.37. The van der Waals surface area contributed by atoms with Gasteiger partial charge in [0.05, 0.1) is 12.7 Å². The van der Waals surface area contributed by atoms with Gasteiger partial charge in [-0.3, -0.25) is 0 Å². The number of unbranched alkanes of at least 4 members (excludes halogenated alkanes) is 3. The van der Waals surface area contributed by atoms with E-state index in [1.165, 1.54) is 31.2 Å². The standard InChI is InChI=1S/C19H33NO2/c1-3-5-6-7-8-17-9-11-18(12-10-17)19(22)13-14-20(4-2)15-16-21/h9-12,19,21-22H,3-8,13-16H2,1-2H3. The van der Waals surface area contributed by atoms with Gasteiger partial charge in [-0.2, -0.15) is 0 Å². The normalized spacial score (nSPS) is 12.8. The zero-order chi connectivity index (χ0) is 16.2. The summed E-state index contributed by atoms with van der Waals surface area (Å²) in [6.45, 7) is 6.89. The summed E-state index contributed by atoms with van der Waals surface area (Å²) in [5.74, 6) is 0. The maximum absolute atomic E-state index is 10.3. The van der Waals surface area contributed by atoms with E-state index in [1.54, 1.807) is 0 Å². The number of hydrogen-bond donors (Lipinski definition) is 2. The minimum absolute atomic E-state index is 0.177. The summed E-state index contributed by atoms with van der Waals surface area (Å²) < 4.78 is 0. The molecule has 0 amide bonds. The van der Waals surface area contributed by atoms with Crippen molar-refractivity contribution in [2.75, 3.05) is 26.2 Å². The molecule has 0 radical (unpaired) electrons. The summed E-state index contributed by atoms with van der Waals surface area (Å²) in [6, 6.07) is 8.41. The van der Waals surface area contributed by atoms with Gasteiger partial charge in [-0.05, 0) is 36.9 Å². The second kappa shape index (κ2) is 11.6. The topological polar surface area (TPSA) is 43.7 Å². The lowest BCUT2D eigenvalue weighted by molar-refractivity contribution is 0.133. The average molecular weight is 307 g/mol. The van der Waals surface area contributed by atoms with Crippen LogP contribution in [0.15, 0.2) is 24.3 Å². The zero-order valence-corrected chi connectivity index (χ0v) is 14.3. The largest absolute Gasteiger partial charge is 0.395 e. The predicted octanol–water partition coefficient (Wildman–Crippen LogP) is 3.55.